The second kappa shape index (κ2) is 28.1. The Hall–Kier alpha value is -3.95. The van der Waals surface area contributed by atoms with Gasteiger partial charge in [-0.15, -0.1) is 0 Å². The third-order valence-corrected chi connectivity index (χ3v) is 2.56. The third-order valence-electron chi connectivity index (χ3n) is 2.56. The highest BCUT2D eigenvalue weighted by Gasteiger charge is 2.18. The summed E-state index contributed by atoms with van der Waals surface area (Å²) in [6.07, 6.45) is 0.750. The van der Waals surface area contributed by atoms with Crippen LogP contribution in [0.25, 0.3) is 0 Å². The van der Waals surface area contributed by atoms with Crippen LogP contribution in [0.4, 0.5) is 0 Å². The van der Waals surface area contributed by atoms with Gasteiger partial charge in [0, 0.05) is 27.2 Å². The number of carboxylic acids is 6. The molecule has 0 aromatic rings. The van der Waals surface area contributed by atoms with E-state index >= 15 is 0 Å². The normalized spacial score (nSPS) is 8.34. The van der Waals surface area contributed by atoms with Gasteiger partial charge in [-0.3, -0.25) is 33.8 Å². The van der Waals surface area contributed by atoms with Crippen molar-refractivity contribution in [3.8, 4) is 0 Å². The van der Waals surface area contributed by atoms with Gasteiger partial charge in [0.25, 0.3) is 0 Å². The van der Waals surface area contributed by atoms with Crippen molar-refractivity contribution in [3.63, 3.8) is 0 Å². The molecule has 0 rings (SSSR count). The van der Waals surface area contributed by atoms with E-state index in [4.69, 9.17) is 40.2 Å². The molecular weight excluding hydrogens is 486 g/mol. The van der Waals surface area contributed by atoms with Gasteiger partial charge in [0.1, 0.15) is 0 Å². The van der Waals surface area contributed by atoms with Crippen LogP contribution in [-0.2, 0) is 33.6 Å². The molecule has 0 saturated heterocycles. The summed E-state index contributed by atoms with van der Waals surface area (Å²) in [5, 5.41) is 49.2. The molecule has 0 saturated carbocycles. The fourth-order valence-electron chi connectivity index (χ4n) is 1.48. The van der Waals surface area contributed by atoms with Gasteiger partial charge in [-0.1, -0.05) is 0 Å². The van der Waals surface area contributed by atoms with Crippen LogP contribution in [0.2, 0.25) is 0 Å². The van der Waals surface area contributed by atoms with Crippen LogP contribution in [0.15, 0.2) is 0 Å². The predicted octanol–water partition coefficient (Wildman–Crippen LogP) is -2.56. The van der Waals surface area contributed by atoms with Crippen molar-refractivity contribution in [2.24, 2.45) is 0 Å². The zero-order valence-electron chi connectivity index (χ0n) is 19.5. The van der Waals surface area contributed by atoms with Crippen molar-refractivity contribution in [1.82, 2.24) is 39.3 Å². The van der Waals surface area contributed by atoms with Gasteiger partial charge in [0.2, 0.25) is 6.41 Å². The fourth-order valence-corrected chi connectivity index (χ4v) is 1.48. The number of hydrogen-bond donors (Lipinski definition) is 10. The number of carboxylic acid groups (broad SMARTS) is 6. The molecule has 0 bridgehead atoms. The molecule has 0 fully saturated rings. The van der Waals surface area contributed by atoms with Gasteiger partial charge in [-0.05, 0) is 0 Å². The number of carbonyl (C=O) groups excluding carboxylic acids is 1. The van der Waals surface area contributed by atoms with Crippen LogP contribution in [0, 0.1) is 0 Å². The molecule has 1 amide bonds. The standard InChI is InChI=1S/C10H16N2O8.C3H7NO.C2H2O4.4H3N/c13-7(14)3-11(4-8(15)16)1-2-12(5-9(17)18)6-10(19)20;1-4(2)3-5;3-1(4)2(5)6;;;;/h1-6H2,(H,13,14)(H,15,16)(H,17,18)(H,19,20);3H,1-2H3;(H,3,4)(H,5,6);4*1H3. The number of amides is 1. The lowest BCUT2D eigenvalue weighted by atomic mass is 10.4. The van der Waals surface area contributed by atoms with E-state index in [1.54, 1.807) is 14.1 Å². The molecule has 35 heavy (non-hydrogen) atoms. The first-order valence-corrected chi connectivity index (χ1v) is 8.02. The summed E-state index contributed by atoms with van der Waals surface area (Å²) in [6, 6.07) is 0. The average molecular weight is 523 g/mol. The lowest BCUT2D eigenvalue weighted by Gasteiger charge is -2.23. The fraction of sp³-hybridized carbons (Fsp3) is 0.533. The summed E-state index contributed by atoms with van der Waals surface area (Å²) in [5.41, 5.74) is 0. The summed E-state index contributed by atoms with van der Waals surface area (Å²) in [6.45, 7) is -2.25. The topological polar surface area (TPSA) is 391 Å². The summed E-state index contributed by atoms with van der Waals surface area (Å²) < 4.78 is 0. The number of aliphatic carboxylic acids is 6. The second-order valence-electron chi connectivity index (χ2n) is 5.68. The van der Waals surface area contributed by atoms with Crippen molar-refractivity contribution >= 4 is 42.2 Å². The van der Waals surface area contributed by atoms with Crippen LogP contribution in [0.1, 0.15) is 0 Å². The summed E-state index contributed by atoms with van der Waals surface area (Å²) in [5.74, 6) is -8.56. The quantitative estimate of drug-likeness (QED) is 0.0927. The molecule has 0 aromatic heterocycles. The van der Waals surface area contributed by atoms with E-state index in [2.05, 4.69) is 0 Å². The first kappa shape index (κ1) is 48.5. The Labute approximate surface area is 200 Å². The molecule has 18 N–H and O–H groups in total. The zero-order chi connectivity index (χ0) is 25.1. The highest BCUT2D eigenvalue weighted by atomic mass is 16.4. The maximum absolute atomic E-state index is 10.6. The van der Waals surface area contributed by atoms with Gasteiger partial charge in [0.15, 0.2) is 0 Å². The van der Waals surface area contributed by atoms with Gasteiger partial charge in [-0.2, -0.15) is 0 Å². The lowest BCUT2D eigenvalue weighted by molar-refractivity contribution is -0.159. The van der Waals surface area contributed by atoms with E-state index in [-0.39, 0.29) is 37.7 Å². The highest BCUT2D eigenvalue weighted by molar-refractivity contribution is 6.27. The Balaban J connectivity index is -0.0000000881. The molecule has 0 unspecified atom stereocenters. The molecule has 0 atom stereocenters. The molecule has 0 aliphatic heterocycles. The first-order valence-electron chi connectivity index (χ1n) is 8.02. The molecule has 0 aromatic carbocycles. The van der Waals surface area contributed by atoms with Crippen LogP contribution in [0.5, 0.6) is 0 Å². The van der Waals surface area contributed by atoms with E-state index in [9.17, 15) is 24.0 Å². The Bertz CT molecular complexity index is 567. The smallest absolute Gasteiger partial charge is 0.414 e. The number of carbonyl (C=O) groups is 7. The molecule has 20 nitrogen and oxygen atoms in total. The minimum Gasteiger partial charge on any atom is -0.480 e. The molecule has 20 heteroatoms. The highest BCUT2D eigenvalue weighted by Crippen LogP contribution is 1.94. The monoisotopic (exact) mass is 523 g/mol. The Morgan fingerprint density at radius 3 is 0.800 bits per heavy atom. The molecule has 0 aliphatic carbocycles. The van der Waals surface area contributed by atoms with Gasteiger partial charge < -0.3 is 60.1 Å². The maximum atomic E-state index is 10.6. The molecule has 0 aliphatic rings. The molecule has 0 radical (unpaired) electrons. The largest absolute Gasteiger partial charge is 0.480 e. The Morgan fingerprint density at radius 1 is 0.543 bits per heavy atom. The number of nitrogens with zero attached hydrogens (tertiary/aromatic N) is 3. The van der Waals surface area contributed by atoms with Crippen molar-refractivity contribution in [2.45, 2.75) is 0 Å². The molecule has 0 spiro atoms. The lowest BCUT2D eigenvalue weighted by Crippen LogP contribution is -2.43. The van der Waals surface area contributed by atoms with Crippen molar-refractivity contribution < 1.29 is 64.2 Å². The number of hydrogen-bond acceptors (Lipinski definition) is 13. The maximum Gasteiger partial charge on any atom is 0.414 e. The first-order chi connectivity index (χ1) is 14.1. The van der Waals surface area contributed by atoms with E-state index < -0.39 is 62.0 Å². The van der Waals surface area contributed by atoms with Gasteiger partial charge >= 0.3 is 35.8 Å². The Morgan fingerprint density at radius 2 is 0.714 bits per heavy atom. The van der Waals surface area contributed by atoms with E-state index in [1.807, 2.05) is 0 Å². The van der Waals surface area contributed by atoms with Gasteiger partial charge in [-0.25, -0.2) is 9.59 Å². The average Bonchev–Trinajstić information content (AvgIpc) is 2.58. The summed E-state index contributed by atoms with van der Waals surface area (Å²) in [7, 11) is 3.38. The third kappa shape index (κ3) is 44.5. The van der Waals surface area contributed by atoms with E-state index in [0.29, 0.717) is 0 Å². The van der Waals surface area contributed by atoms with Crippen LogP contribution >= 0.6 is 0 Å². The Kier molecular flexibility index (Phi) is 38.9. The van der Waals surface area contributed by atoms with Crippen LogP contribution in [-0.4, -0.2) is 141 Å². The van der Waals surface area contributed by atoms with Gasteiger partial charge in [0.05, 0.1) is 26.2 Å². The molecule has 0 heterocycles. The minimum atomic E-state index is -1.82. The summed E-state index contributed by atoms with van der Waals surface area (Å²) >= 11 is 0. The molecular formula is C15H37N7O13. The van der Waals surface area contributed by atoms with E-state index in [0.717, 1.165) is 16.2 Å². The second-order valence-corrected chi connectivity index (χ2v) is 5.68. The number of rotatable bonds is 12. The van der Waals surface area contributed by atoms with Crippen LogP contribution < -0.4 is 24.6 Å². The van der Waals surface area contributed by atoms with Crippen molar-refractivity contribution in [2.75, 3.05) is 53.4 Å². The SMILES string of the molecule is CN(C)C=O.N.N.N.N.O=C(O)C(=O)O.O=C(O)CN(CCN(CC(=O)O)CC(=O)O)CC(=O)O. The van der Waals surface area contributed by atoms with E-state index in [1.165, 1.54) is 4.90 Å². The van der Waals surface area contributed by atoms with Crippen molar-refractivity contribution in [1.29, 1.82) is 0 Å². The summed E-state index contributed by atoms with van der Waals surface area (Å²) in [4.78, 5) is 73.4. The molecule has 210 valence electrons. The minimum absolute atomic E-state index is 0. The predicted molar refractivity (Wildman–Crippen MR) is 119 cm³/mol. The zero-order valence-corrected chi connectivity index (χ0v) is 19.5. The van der Waals surface area contributed by atoms with Crippen LogP contribution in [0.3, 0.4) is 0 Å². The van der Waals surface area contributed by atoms with Crippen molar-refractivity contribution in [3.05, 3.63) is 0 Å².